The van der Waals surface area contributed by atoms with Gasteiger partial charge in [0.05, 0.1) is 12.5 Å². The number of benzene rings is 1. The van der Waals surface area contributed by atoms with Crippen LogP contribution in [-0.2, 0) is 6.61 Å². The van der Waals surface area contributed by atoms with E-state index in [2.05, 4.69) is 20.9 Å². The van der Waals surface area contributed by atoms with Gasteiger partial charge in [0.1, 0.15) is 17.9 Å². The summed E-state index contributed by atoms with van der Waals surface area (Å²) < 4.78 is 12.2. The van der Waals surface area contributed by atoms with Crippen LogP contribution in [0, 0.1) is 0 Å². The van der Waals surface area contributed by atoms with Gasteiger partial charge in [-0.2, -0.15) is 0 Å². The van der Waals surface area contributed by atoms with Gasteiger partial charge in [-0.05, 0) is 30.3 Å². The lowest BCUT2D eigenvalue weighted by Gasteiger charge is -2.03. The number of ether oxygens (including phenoxy) is 1. The van der Waals surface area contributed by atoms with E-state index >= 15 is 0 Å². The van der Waals surface area contributed by atoms with Crippen molar-refractivity contribution in [2.24, 2.45) is 0 Å². The molecule has 0 aliphatic heterocycles. The molecule has 2 heterocycles. The molecule has 90 valence electrons. The molecule has 3 nitrogen and oxygen atoms in total. The first kappa shape index (κ1) is 11.3. The first-order valence-electron chi connectivity index (χ1n) is 5.51. The van der Waals surface area contributed by atoms with E-state index in [4.69, 9.17) is 9.15 Å². The third-order valence-corrected chi connectivity index (χ3v) is 3.14. The first-order chi connectivity index (χ1) is 8.83. The average molecular weight is 304 g/mol. The molecule has 0 unspecified atom stereocenters. The number of aromatic nitrogens is 1. The van der Waals surface area contributed by atoms with Gasteiger partial charge in [-0.1, -0.05) is 15.9 Å². The number of hydrogen-bond donors (Lipinski definition) is 0. The molecule has 0 radical (unpaired) electrons. The fraction of sp³-hybridized carbons (Fsp3) is 0.0714. The van der Waals surface area contributed by atoms with Crippen molar-refractivity contribution in [3.05, 3.63) is 59.0 Å². The van der Waals surface area contributed by atoms with Crippen molar-refractivity contribution in [1.29, 1.82) is 0 Å². The number of halogens is 1. The summed E-state index contributed by atoms with van der Waals surface area (Å²) in [5.41, 5.74) is 1.89. The van der Waals surface area contributed by atoms with Crippen LogP contribution in [0.4, 0.5) is 0 Å². The third kappa shape index (κ3) is 2.24. The lowest BCUT2D eigenvalue weighted by Crippen LogP contribution is -1.94. The number of fused-ring (bicyclic) bond motifs is 1. The second-order valence-electron chi connectivity index (χ2n) is 3.88. The molecule has 1 aromatic carbocycles. The largest absolute Gasteiger partial charge is 0.487 e. The van der Waals surface area contributed by atoms with Crippen molar-refractivity contribution < 1.29 is 9.15 Å². The molecule has 0 aliphatic carbocycles. The van der Waals surface area contributed by atoms with Crippen LogP contribution in [-0.4, -0.2) is 4.98 Å². The summed E-state index contributed by atoms with van der Waals surface area (Å²) in [5.74, 6) is 0.752. The maximum absolute atomic E-state index is 5.66. The highest BCUT2D eigenvalue weighted by Crippen LogP contribution is 2.25. The topological polar surface area (TPSA) is 35.3 Å². The summed E-state index contributed by atoms with van der Waals surface area (Å²) in [6.07, 6.45) is 5.14. The Balaban J connectivity index is 1.85. The molecule has 0 aliphatic rings. The van der Waals surface area contributed by atoms with Gasteiger partial charge >= 0.3 is 0 Å². The smallest absolute Gasteiger partial charge is 0.138 e. The minimum Gasteiger partial charge on any atom is -0.487 e. The highest BCUT2D eigenvalue weighted by molar-refractivity contribution is 9.10. The Morgan fingerprint density at radius 1 is 1.28 bits per heavy atom. The molecule has 18 heavy (non-hydrogen) atoms. The maximum Gasteiger partial charge on any atom is 0.138 e. The van der Waals surface area contributed by atoms with E-state index in [1.54, 1.807) is 18.7 Å². The molecule has 3 rings (SSSR count). The molecule has 0 bridgehead atoms. The van der Waals surface area contributed by atoms with E-state index in [-0.39, 0.29) is 0 Å². The van der Waals surface area contributed by atoms with Crippen molar-refractivity contribution in [2.45, 2.75) is 6.61 Å². The van der Waals surface area contributed by atoms with E-state index in [9.17, 15) is 0 Å². The number of nitrogens with zero attached hydrogens (tertiary/aromatic N) is 1. The molecular formula is C14H10BrNO2. The van der Waals surface area contributed by atoms with Gasteiger partial charge in [0, 0.05) is 21.6 Å². The van der Waals surface area contributed by atoms with Gasteiger partial charge in [-0.25, -0.2) is 0 Å². The standard InChI is InChI=1S/C14H10BrNO2/c15-11-3-4-14-13(6-11)10(9-18-14)8-17-12-2-1-5-16-7-12/h1-7,9H,8H2. The van der Waals surface area contributed by atoms with Gasteiger partial charge in [0.2, 0.25) is 0 Å². The van der Waals surface area contributed by atoms with E-state index in [0.29, 0.717) is 6.61 Å². The molecule has 4 heteroatoms. The van der Waals surface area contributed by atoms with Gasteiger partial charge in [-0.15, -0.1) is 0 Å². The molecule has 0 atom stereocenters. The van der Waals surface area contributed by atoms with Crippen molar-refractivity contribution in [2.75, 3.05) is 0 Å². The SMILES string of the molecule is Brc1ccc2occ(COc3cccnc3)c2c1. The second kappa shape index (κ2) is 4.82. The lowest BCUT2D eigenvalue weighted by molar-refractivity contribution is 0.304. The monoisotopic (exact) mass is 303 g/mol. The van der Waals surface area contributed by atoms with Crippen molar-refractivity contribution in [1.82, 2.24) is 4.98 Å². The van der Waals surface area contributed by atoms with Crippen molar-refractivity contribution in [3.8, 4) is 5.75 Å². The number of rotatable bonds is 3. The zero-order chi connectivity index (χ0) is 12.4. The molecule has 3 aromatic rings. The third-order valence-electron chi connectivity index (χ3n) is 2.64. The minimum atomic E-state index is 0.467. The molecular weight excluding hydrogens is 294 g/mol. The fourth-order valence-corrected chi connectivity index (χ4v) is 2.12. The zero-order valence-electron chi connectivity index (χ0n) is 9.47. The van der Waals surface area contributed by atoms with Crippen LogP contribution in [0.25, 0.3) is 11.0 Å². The number of furan rings is 1. The predicted molar refractivity (Wildman–Crippen MR) is 72.5 cm³/mol. The molecule has 0 fully saturated rings. The molecule has 0 spiro atoms. The molecule has 0 saturated carbocycles. The Morgan fingerprint density at radius 2 is 2.22 bits per heavy atom. The first-order valence-corrected chi connectivity index (χ1v) is 6.31. The van der Waals surface area contributed by atoms with Crippen LogP contribution >= 0.6 is 15.9 Å². The Hall–Kier alpha value is -1.81. The van der Waals surface area contributed by atoms with Crippen LogP contribution in [0.3, 0.4) is 0 Å². The Bertz CT molecular complexity index is 664. The second-order valence-corrected chi connectivity index (χ2v) is 4.79. The average Bonchev–Trinajstić information content (AvgIpc) is 2.80. The van der Waals surface area contributed by atoms with Crippen LogP contribution in [0.1, 0.15) is 5.56 Å². The van der Waals surface area contributed by atoms with E-state index in [1.165, 1.54) is 0 Å². The predicted octanol–water partition coefficient (Wildman–Crippen LogP) is 4.17. The van der Waals surface area contributed by atoms with Crippen molar-refractivity contribution >= 4 is 26.9 Å². The van der Waals surface area contributed by atoms with Crippen molar-refractivity contribution in [3.63, 3.8) is 0 Å². The quantitative estimate of drug-likeness (QED) is 0.728. The summed E-state index contributed by atoms with van der Waals surface area (Å²) in [7, 11) is 0. The van der Waals surface area contributed by atoms with E-state index in [1.807, 2.05) is 30.3 Å². The fourth-order valence-electron chi connectivity index (χ4n) is 1.76. The zero-order valence-corrected chi connectivity index (χ0v) is 11.1. The van der Waals surface area contributed by atoms with Gasteiger partial charge in [-0.3, -0.25) is 4.98 Å². The van der Waals surface area contributed by atoms with Crippen LogP contribution in [0.5, 0.6) is 5.75 Å². The number of hydrogen-bond acceptors (Lipinski definition) is 3. The molecule has 0 amide bonds. The molecule has 0 N–H and O–H groups in total. The molecule has 2 aromatic heterocycles. The summed E-state index contributed by atoms with van der Waals surface area (Å²) in [6, 6.07) is 9.65. The van der Waals surface area contributed by atoms with Gasteiger partial charge in [0.15, 0.2) is 0 Å². The molecule has 0 saturated heterocycles. The Morgan fingerprint density at radius 3 is 3.06 bits per heavy atom. The lowest BCUT2D eigenvalue weighted by atomic mass is 10.2. The van der Waals surface area contributed by atoms with Gasteiger partial charge in [0.25, 0.3) is 0 Å². The summed E-state index contributed by atoms with van der Waals surface area (Å²) in [6.45, 7) is 0.467. The summed E-state index contributed by atoms with van der Waals surface area (Å²) in [4.78, 5) is 4.01. The Labute approximate surface area is 113 Å². The highest BCUT2D eigenvalue weighted by Gasteiger charge is 2.07. The minimum absolute atomic E-state index is 0.467. The number of pyridine rings is 1. The summed E-state index contributed by atoms with van der Waals surface area (Å²) >= 11 is 3.45. The van der Waals surface area contributed by atoms with Crippen LogP contribution in [0.15, 0.2) is 57.9 Å². The van der Waals surface area contributed by atoms with Crippen LogP contribution in [0.2, 0.25) is 0 Å². The van der Waals surface area contributed by atoms with E-state index in [0.717, 1.165) is 26.8 Å². The van der Waals surface area contributed by atoms with E-state index < -0.39 is 0 Å². The normalized spacial score (nSPS) is 10.7. The van der Waals surface area contributed by atoms with Gasteiger partial charge < -0.3 is 9.15 Å². The highest BCUT2D eigenvalue weighted by atomic mass is 79.9. The maximum atomic E-state index is 5.66. The van der Waals surface area contributed by atoms with Crippen LogP contribution < -0.4 is 4.74 Å². The Kier molecular flexibility index (Phi) is 3.02. The summed E-state index contributed by atoms with van der Waals surface area (Å²) in [5, 5.41) is 1.06.